The van der Waals surface area contributed by atoms with Crippen molar-refractivity contribution in [3.05, 3.63) is 34.4 Å². The highest BCUT2D eigenvalue weighted by molar-refractivity contribution is 8.02. The second kappa shape index (κ2) is 7.45. The van der Waals surface area contributed by atoms with Gasteiger partial charge in [0.25, 0.3) is 0 Å². The summed E-state index contributed by atoms with van der Waals surface area (Å²) in [5.41, 5.74) is 4.62. The van der Waals surface area contributed by atoms with Crippen LogP contribution in [0.3, 0.4) is 0 Å². The summed E-state index contributed by atoms with van der Waals surface area (Å²) in [5.74, 6) is 0.237. The van der Waals surface area contributed by atoms with Gasteiger partial charge in [-0.3, -0.25) is 10.1 Å². The largest absolute Gasteiger partial charge is 0.493 e. The van der Waals surface area contributed by atoms with Gasteiger partial charge >= 0.3 is 5.97 Å². The number of carboxylic acids is 1. The van der Waals surface area contributed by atoms with E-state index in [2.05, 4.69) is 16.8 Å². The van der Waals surface area contributed by atoms with Crippen LogP contribution in [0, 0.1) is 11.3 Å². The first kappa shape index (κ1) is 18.4. The summed E-state index contributed by atoms with van der Waals surface area (Å²) in [4.78, 5) is 11.6. The molecule has 9 heteroatoms. The number of thioether (sulfide) groups is 1. The fourth-order valence-electron chi connectivity index (χ4n) is 3.32. The van der Waals surface area contributed by atoms with E-state index in [1.54, 1.807) is 20.3 Å². The zero-order valence-electron chi connectivity index (χ0n) is 14.6. The fraction of sp³-hybridized carbons (Fsp3) is 0.412. The van der Waals surface area contributed by atoms with Crippen LogP contribution in [-0.2, 0) is 4.79 Å². The van der Waals surface area contributed by atoms with Gasteiger partial charge in [0.1, 0.15) is 18.3 Å². The summed E-state index contributed by atoms with van der Waals surface area (Å²) >= 11 is 1.42. The van der Waals surface area contributed by atoms with Crippen LogP contribution in [0.4, 0.5) is 0 Å². The number of benzene rings is 1. The average Bonchev–Trinajstić information content (AvgIpc) is 3.04. The van der Waals surface area contributed by atoms with Gasteiger partial charge in [-0.15, -0.1) is 11.8 Å². The molecule has 2 heterocycles. The predicted molar refractivity (Wildman–Crippen MR) is 96.4 cm³/mol. The average molecular weight is 376 g/mol. The van der Waals surface area contributed by atoms with Crippen LogP contribution in [0.15, 0.2) is 28.8 Å². The van der Waals surface area contributed by atoms with E-state index in [-0.39, 0.29) is 6.04 Å². The molecule has 0 spiro atoms. The number of ether oxygens (including phenoxy) is 2. The molecule has 3 unspecified atom stereocenters. The number of nitriles is 1. The van der Waals surface area contributed by atoms with Gasteiger partial charge in [0.2, 0.25) is 0 Å². The third-order valence-electron chi connectivity index (χ3n) is 4.60. The van der Waals surface area contributed by atoms with E-state index < -0.39 is 18.2 Å². The Hall–Kier alpha value is -2.41. The second-order valence-electron chi connectivity index (χ2n) is 5.90. The van der Waals surface area contributed by atoms with Crippen LogP contribution >= 0.6 is 11.8 Å². The molecule has 0 saturated carbocycles. The Balaban J connectivity index is 2.01. The number of rotatable bonds is 5. The topological polar surface area (TPSA) is 107 Å². The Kier molecular flexibility index (Phi) is 5.27. The lowest BCUT2D eigenvalue weighted by Gasteiger charge is -2.41. The molecule has 0 aliphatic carbocycles. The summed E-state index contributed by atoms with van der Waals surface area (Å²) in [6, 6.07) is 6.70. The van der Waals surface area contributed by atoms with Gasteiger partial charge in [-0.1, -0.05) is 6.07 Å². The van der Waals surface area contributed by atoms with Crippen molar-refractivity contribution in [2.24, 2.45) is 0 Å². The van der Waals surface area contributed by atoms with Crippen LogP contribution < -0.4 is 20.2 Å². The Labute approximate surface area is 155 Å². The van der Waals surface area contributed by atoms with E-state index in [9.17, 15) is 15.2 Å². The molecule has 0 amide bonds. The molecule has 3 rings (SSSR count). The van der Waals surface area contributed by atoms with E-state index >= 15 is 0 Å². The summed E-state index contributed by atoms with van der Waals surface area (Å²) < 4.78 is 10.7. The number of hydrazine groups is 1. The zero-order chi connectivity index (χ0) is 18.8. The van der Waals surface area contributed by atoms with Gasteiger partial charge in [0, 0.05) is 0 Å². The highest BCUT2D eigenvalue weighted by atomic mass is 32.2. The molecule has 1 aromatic rings. The number of nitrogens with zero attached hydrogens (tertiary/aromatic N) is 2. The van der Waals surface area contributed by atoms with Gasteiger partial charge < -0.3 is 20.0 Å². The number of aliphatic carboxylic acids is 1. The lowest BCUT2D eigenvalue weighted by Crippen LogP contribution is -2.60. The van der Waals surface area contributed by atoms with Gasteiger partial charge in [-0.2, -0.15) is 10.3 Å². The van der Waals surface area contributed by atoms with Gasteiger partial charge in [-0.25, -0.2) is 0 Å². The third-order valence-corrected chi connectivity index (χ3v) is 5.32. The third kappa shape index (κ3) is 3.07. The Bertz CT molecular complexity index is 791. The number of hydrogen-bond acceptors (Lipinski definition) is 8. The Morgan fingerprint density at radius 1 is 1.38 bits per heavy atom. The first-order chi connectivity index (χ1) is 12.5. The summed E-state index contributed by atoms with van der Waals surface area (Å²) in [6.07, 6.45) is 1.71. The minimum Gasteiger partial charge on any atom is -0.493 e. The molecule has 0 bridgehead atoms. The lowest BCUT2D eigenvalue weighted by molar-refractivity contribution is -0.142. The Morgan fingerprint density at radius 2 is 2.12 bits per heavy atom. The highest BCUT2D eigenvalue weighted by Crippen LogP contribution is 2.40. The molecule has 138 valence electrons. The van der Waals surface area contributed by atoms with E-state index in [0.717, 1.165) is 10.6 Å². The molecule has 2 aliphatic heterocycles. The van der Waals surface area contributed by atoms with E-state index in [1.807, 2.05) is 23.4 Å². The normalized spacial score (nSPS) is 25.2. The molecule has 2 aliphatic rings. The van der Waals surface area contributed by atoms with Crippen molar-refractivity contribution in [2.45, 2.75) is 24.7 Å². The summed E-state index contributed by atoms with van der Waals surface area (Å²) in [7, 11) is 3.12. The van der Waals surface area contributed by atoms with Crippen molar-refractivity contribution < 1.29 is 19.4 Å². The number of methoxy groups -OCH3 is 2. The zero-order valence-corrected chi connectivity index (χ0v) is 15.5. The molecule has 26 heavy (non-hydrogen) atoms. The molecule has 3 atom stereocenters. The van der Waals surface area contributed by atoms with Crippen LogP contribution in [0.2, 0.25) is 0 Å². The van der Waals surface area contributed by atoms with Crippen molar-refractivity contribution in [3.8, 4) is 17.6 Å². The first-order valence-corrected chi connectivity index (χ1v) is 9.20. The van der Waals surface area contributed by atoms with Gasteiger partial charge in [0.05, 0.1) is 30.9 Å². The number of carbonyl (C=O) groups is 1. The Morgan fingerprint density at radius 3 is 2.69 bits per heavy atom. The molecule has 8 nitrogen and oxygen atoms in total. The molecule has 1 fully saturated rings. The second-order valence-corrected chi connectivity index (χ2v) is 6.72. The van der Waals surface area contributed by atoms with E-state index in [4.69, 9.17) is 9.47 Å². The maximum absolute atomic E-state index is 11.6. The number of hydrogen-bond donors (Lipinski definition) is 3. The van der Waals surface area contributed by atoms with Crippen molar-refractivity contribution in [3.63, 3.8) is 0 Å². The molecular weight excluding hydrogens is 356 g/mol. The monoisotopic (exact) mass is 376 g/mol. The lowest BCUT2D eigenvalue weighted by atomic mass is 9.94. The quantitative estimate of drug-likeness (QED) is 0.703. The van der Waals surface area contributed by atoms with Crippen LogP contribution in [0.5, 0.6) is 11.5 Å². The van der Waals surface area contributed by atoms with E-state index in [0.29, 0.717) is 23.5 Å². The maximum Gasteiger partial charge on any atom is 0.320 e. The van der Waals surface area contributed by atoms with Crippen molar-refractivity contribution in [1.82, 2.24) is 15.8 Å². The molecule has 0 radical (unpaired) electrons. The number of nitrogens with one attached hydrogen (secondary N) is 2. The van der Waals surface area contributed by atoms with Gasteiger partial charge in [0.15, 0.2) is 11.5 Å². The minimum atomic E-state index is -0.940. The van der Waals surface area contributed by atoms with Crippen molar-refractivity contribution in [2.75, 3.05) is 20.5 Å². The standard InChI is InChI=1S/C17H20N4O4S/c1-24-13-5-4-9(6-14(13)25-2)12-7-11(17(22)23)19-15-10(8-18)16(26-3)20-21(12)15/h4-6,11-12,15,19-20H,7H2,1-3H3,(H,22,23). The minimum absolute atomic E-state index is 0.254. The van der Waals surface area contributed by atoms with Crippen LogP contribution in [-0.4, -0.2) is 48.8 Å². The summed E-state index contributed by atoms with van der Waals surface area (Å²) in [6.45, 7) is 0. The fourth-order valence-corrected chi connectivity index (χ4v) is 3.89. The highest BCUT2D eigenvalue weighted by Gasteiger charge is 2.45. The predicted octanol–water partition coefficient (Wildman–Crippen LogP) is 1.44. The molecule has 1 saturated heterocycles. The SMILES string of the molecule is COc1ccc(C2CC(C(=O)O)NC3C(C#N)=C(SC)NN32)cc1OC. The van der Waals surface area contributed by atoms with Crippen LogP contribution in [0.25, 0.3) is 0 Å². The summed E-state index contributed by atoms with van der Waals surface area (Å²) in [5, 5.41) is 24.7. The van der Waals surface area contributed by atoms with E-state index in [1.165, 1.54) is 11.8 Å². The number of carboxylic acid groups (broad SMARTS) is 1. The maximum atomic E-state index is 11.6. The first-order valence-electron chi connectivity index (χ1n) is 7.98. The van der Waals surface area contributed by atoms with Gasteiger partial charge in [-0.05, 0) is 30.4 Å². The smallest absolute Gasteiger partial charge is 0.320 e. The van der Waals surface area contributed by atoms with Crippen LogP contribution in [0.1, 0.15) is 18.0 Å². The van der Waals surface area contributed by atoms with Crippen molar-refractivity contribution in [1.29, 1.82) is 5.26 Å². The molecule has 0 aromatic heterocycles. The van der Waals surface area contributed by atoms with Crippen molar-refractivity contribution >= 4 is 17.7 Å². The number of fused-ring (bicyclic) bond motifs is 1. The molecular formula is C17H20N4O4S. The molecule has 3 N–H and O–H groups in total. The molecule has 1 aromatic carbocycles.